The maximum Gasteiger partial charge on any atom is 0.419 e. The van der Waals surface area contributed by atoms with Crippen molar-refractivity contribution < 1.29 is 23.0 Å². The van der Waals surface area contributed by atoms with E-state index in [4.69, 9.17) is 10.5 Å². The van der Waals surface area contributed by atoms with E-state index in [1.165, 1.54) is 6.20 Å². The molecule has 7 nitrogen and oxygen atoms in total. The Morgan fingerprint density at radius 2 is 1.88 bits per heavy atom. The Labute approximate surface area is 186 Å². The van der Waals surface area contributed by atoms with Crippen molar-refractivity contribution in [2.24, 2.45) is 5.92 Å². The summed E-state index contributed by atoms with van der Waals surface area (Å²) in [5, 5.41) is 10.6. The van der Waals surface area contributed by atoms with Gasteiger partial charge in [-0.25, -0.2) is 9.97 Å². The predicted octanol–water partition coefficient (Wildman–Crippen LogP) is 3.76. The van der Waals surface area contributed by atoms with Gasteiger partial charge in [0.2, 0.25) is 0 Å². The monoisotopic (exact) mass is 455 g/mol. The molecule has 1 aliphatic heterocycles. The quantitative estimate of drug-likeness (QED) is 0.618. The minimum atomic E-state index is -4.60. The Morgan fingerprint density at radius 1 is 1.22 bits per heavy atom. The smallest absolute Gasteiger partial charge is 0.385 e. The van der Waals surface area contributed by atoms with E-state index in [2.05, 4.69) is 28.0 Å². The van der Waals surface area contributed by atoms with E-state index < -0.39 is 23.7 Å². The van der Waals surface area contributed by atoms with Gasteiger partial charge in [-0.05, 0) is 18.4 Å². The van der Waals surface area contributed by atoms with Gasteiger partial charge in [-0.3, -0.25) is 4.90 Å². The molecule has 0 radical (unpaired) electrons. The Balaban J connectivity index is 0.00000176. The van der Waals surface area contributed by atoms with Crippen molar-refractivity contribution in [3.8, 4) is 11.3 Å². The lowest BCUT2D eigenvalue weighted by Gasteiger charge is -2.26. The van der Waals surface area contributed by atoms with Gasteiger partial charge in [0.25, 0.3) is 0 Å². The largest absolute Gasteiger partial charge is 0.419 e. The van der Waals surface area contributed by atoms with E-state index in [1.807, 2.05) is 18.4 Å². The van der Waals surface area contributed by atoms with Gasteiger partial charge in [-0.2, -0.15) is 13.2 Å². The molecule has 3 N–H and O–H groups in total. The summed E-state index contributed by atoms with van der Waals surface area (Å²) in [6, 6.07) is 0.953. The fraction of sp³-hybridized carbons (Fsp3) is 0.545. The Kier molecular flexibility index (Phi) is 9.23. The highest BCUT2D eigenvalue weighted by molar-refractivity contribution is 5.62. The number of rotatable bonds is 7. The van der Waals surface area contributed by atoms with Gasteiger partial charge in [-0.1, -0.05) is 13.8 Å². The van der Waals surface area contributed by atoms with E-state index in [0.29, 0.717) is 18.1 Å². The number of aromatic nitrogens is 3. The first kappa shape index (κ1) is 25.8. The van der Waals surface area contributed by atoms with E-state index in [-0.39, 0.29) is 11.5 Å². The number of aryl methyl sites for hydroxylation is 1. The second-order valence-corrected chi connectivity index (χ2v) is 7.83. The normalized spacial score (nSPS) is 16.0. The molecular formula is C22H32F3N5O2. The Bertz CT molecular complexity index is 864. The number of hydrogen-bond acceptors (Lipinski definition) is 6. The van der Waals surface area contributed by atoms with Crippen LogP contribution in [0.2, 0.25) is 0 Å². The zero-order valence-electron chi connectivity index (χ0n) is 18.6. The lowest BCUT2D eigenvalue weighted by Crippen LogP contribution is -2.37. The third-order valence-electron chi connectivity index (χ3n) is 5.20. The van der Waals surface area contributed by atoms with Gasteiger partial charge >= 0.3 is 6.18 Å². The molecule has 32 heavy (non-hydrogen) atoms. The number of halogens is 3. The van der Waals surface area contributed by atoms with Crippen LogP contribution in [0.15, 0.2) is 31.6 Å². The summed E-state index contributed by atoms with van der Waals surface area (Å²) >= 11 is 0. The number of imidazole rings is 1. The molecule has 1 atom stereocenters. The summed E-state index contributed by atoms with van der Waals surface area (Å²) in [5.41, 5.74) is 4.95. The van der Waals surface area contributed by atoms with Crippen LogP contribution in [0.25, 0.3) is 11.3 Å². The Morgan fingerprint density at radius 3 is 2.47 bits per heavy atom. The predicted molar refractivity (Wildman–Crippen MR) is 118 cm³/mol. The van der Waals surface area contributed by atoms with Gasteiger partial charge in [0.15, 0.2) is 0 Å². The van der Waals surface area contributed by atoms with Gasteiger partial charge < -0.3 is 20.1 Å². The van der Waals surface area contributed by atoms with Crippen LogP contribution in [0.3, 0.4) is 0 Å². The summed E-state index contributed by atoms with van der Waals surface area (Å²) < 4.78 is 46.8. The molecule has 1 unspecified atom stereocenters. The zero-order chi connectivity index (χ0) is 23.9. The van der Waals surface area contributed by atoms with Gasteiger partial charge in [0.1, 0.15) is 17.7 Å². The van der Waals surface area contributed by atoms with Gasteiger partial charge in [-0.15, -0.1) is 13.2 Å². The molecule has 0 spiro atoms. The average Bonchev–Trinajstić information content (AvgIpc) is 3.19. The molecule has 0 bridgehead atoms. The van der Waals surface area contributed by atoms with E-state index in [1.54, 1.807) is 6.20 Å². The standard InChI is InChI=1S/C20H28F3N5O2.C2H4/c1-13(2)17(29)19-26-16(14-10-15(20(21,22)23)18(24)25-11-14)12-28(19)5-3-4-27-6-8-30-9-7-27;1-2/h10-13,17,29H,3-9H2,1-2H3,(H2,24,25);1-2H2. The first-order valence-corrected chi connectivity index (χ1v) is 10.5. The number of alkyl halides is 3. The highest BCUT2D eigenvalue weighted by atomic mass is 19.4. The molecule has 10 heteroatoms. The highest BCUT2D eigenvalue weighted by Crippen LogP contribution is 2.35. The minimum Gasteiger partial charge on any atom is -0.385 e. The van der Waals surface area contributed by atoms with Crippen LogP contribution in [-0.2, 0) is 17.5 Å². The number of aliphatic hydroxyl groups is 1. The molecule has 1 saturated heterocycles. The molecule has 3 rings (SSSR count). The van der Waals surface area contributed by atoms with Crippen molar-refractivity contribution in [2.75, 3.05) is 38.6 Å². The number of hydrogen-bond donors (Lipinski definition) is 2. The average molecular weight is 456 g/mol. The summed E-state index contributed by atoms with van der Waals surface area (Å²) in [7, 11) is 0. The second-order valence-electron chi connectivity index (χ2n) is 7.83. The van der Waals surface area contributed by atoms with Crippen LogP contribution in [0.4, 0.5) is 19.0 Å². The molecule has 2 aromatic heterocycles. The van der Waals surface area contributed by atoms with Crippen LogP contribution < -0.4 is 5.73 Å². The zero-order valence-corrected chi connectivity index (χ0v) is 18.6. The van der Waals surface area contributed by atoms with E-state index in [0.717, 1.165) is 45.3 Å². The van der Waals surface area contributed by atoms with Crippen LogP contribution in [-0.4, -0.2) is 57.4 Å². The van der Waals surface area contributed by atoms with Crippen LogP contribution in [0.5, 0.6) is 0 Å². The van der Waals surface area contributed by atoms with Crippen molar-refractivity contribution in [1.29, 1.82) is 0 Å². The fourth-order valence-electron chi connectivity index (χ4n) is 3.41. The SMILES string of the molecule is C=C.CC(C)C(O)c1nc(-c2cnc(N)c(C(F)(F)F)c2)cn1CCCN1CCOCC1. The third kappa shape index (κ3) is 6.54. The van der Waals surface area contributed by atoms with Crippen LogP contribution in [0, 0.1) is 5.92 Å². The van der Waals surface area contributed by atoms with Gasteiger partial charge in [0, 0.05) is 44.1 Å². The van der Waals surface area contributed by atoms with Crippen LogP contribution in [0.1, 0.15) is 37.8 Å². The first-order chi connectivity index (χ1) is 15.2. The van der Waals surface area contributed by atoms with E-state index in [9.17, 15) is 18.3 Å². The highest BCUT2D eigenvalue weighted by Gasteiger charge is 2.34. The number of aliphatic hydroxyl groups excluding tert-OH is 1. The van der Waals surface area contributed by atoms with Crippen molar-refractivity contribution in [3.05, 3.63) is 43.0 Å². The summed E-state index contributed by atoms with van der Waals surface area (Å²) in [6.07, 6.45) is -1.66. The maximum absolute atomic E-state index is 13.2. The molecule has 1 aliphatic rings. The van der Waals surface area contributed by atoms with Gasteiger partial charge in [0.05, 0.1) is 24.5 Å². The van der Waals surface area contributed by atoms with Crippen molar-refractivity contribution in [1.82, 2.24) is 19.4 Å². The number of nitrogens with zero attached hydrogens (tertiary/aromatic N) is 4. The molecule has 0 aromatic carbocycles. The van der Waals surface area contributed by atoms with E-state index >= 15 is 0 Å². The number of pyridine rings is 1. The number of anilines is 1. The third-order valence-corrected chi connectivity index (χ3v) is 5.20. The second kappa shape index (κ2) is 11.4. The summed E-state index contributed by atoms with van der Waals surface area (Å²) in [4.78, 5) is 10.4. The summed E-state index contributed by atoms with van der Waals surface area (Å²) in [6.45, 7) is 14.4. The fourth-order valence-corrected chi connectivity index (χ4v) is 3.41. The first-order valence-electron chi connectivity index (χ1n) is 10.5. The molecule has 1 fully saturated rings. The number of morpholine rings is 1. The minimum absolute atomic E-state index is 0.0893. The lowest BCUT2D eigenvalue weighted by molar-refractivity contribution is -0.137. The maximum atomic E-state index is 13.2. The van der Waals surface area contributed by atoms with Crippen LogP contribution >= 0.6 is 0 Å². The number of nitrogen functional groups attached to an aromatic ring is 1. The van der Waals surface area contributed by atoms with Crippen molar-refractivity contribution in [2.45, 2.75) is 39.1 Å². The summed E-state index contributed by atoms with van der Waals surface area (Å²) in [5.74, 6) is -0.223. The molecular weight excluding hydrogens is 423 g/mol. The number of nitrogens with two attached hydrogens (primary N) is 1. The van der Waals surface area contributed by atoms with Crippen molar-refractivity contribution in [3.63, 3.8) is 0 Å². The lowest BCUT2D eigenvalue weighted by atomic mass is 10.1. The number of ether oxygens (including phenoxy) is 1. The molecule has 2 aromatic rings. The molecule has 0 saturated carbocycles. The topological polar surface area (TPSA) is 89.4 Å². The molecule has 0 aliphatic carbocycles. The molecule has 0 amide bonds. The van der Waals surface area contributed by atoms with Crippen molar-refractivity contribution >= 4 is 5.82 Å². The molecule has 3 heterocycles. The Hall–Kier alpha value is -2.43. The molecule has 178 valence electrons.